The summed E-state index contributed by atoms with van der Waals surface area (Å²) in [7, 11) is 0. The molecule has 10 rings (SSSR count). The Bertz CT molecular complexity index is 3640. The Morgan fingerprint density at radius 3 is 1.37 bits per heavy atom. The molecule has 75 heavy (non-hydrogen) atoms. The van der Waals surface area contributed by atoms with Gasteiger partial charge < -0.3 is 19.7 Å². The lowest BCUT2D eigenvalue weighted by molar-refractivity contribution is 0.168. The summed E-state index contributed by atoms with van der Waals surface area (Å²) in [6.07, 6.45) is 6.60. The van der Waals surface area contributed by atoms with Gasteiger partial charge in [0.1, 0.15) is 33.1 Å². The second kappa shape index (κ2) is 18.7. The second-order valence-electron chi connectivity index (χ2n) is 24.9. The Labute approximate surface area is 448 Å². The largest absolute Gasteiger partial charge is 0.504 e. The fraction of sp³-hybridized carbons (Fsp3) is 0.354. The van der Waals surface area contributed by atoms with E-state index in [1.54, 1.807) is 12.1 Å². The van der Waals surface area contributed by atoms with Crippen LogP contribution in [0.4, 0.5) is 8.78 Å². The molecule has 0 saturated heterocycles. The summed E-state index contributed by atoms with van der Waals surface area (Å²) in [6, 6.07) is 28.7. The van der Waals surface area contributed by atoms with Crippen LogP contribution in [0.25, 0.3) is 71.0 Å². The highest BCUT2D eigenvalue weighted by molar-refractivity contribution is 7.13. The van der Waals surface area contributed by atoms with Crippen molar-refractivity contribution in [2.75, 3.05) is 13.2 Å². The molecule has 4 heterocycles. The molecule has 9 aromatic rings. The average molecular weight is 1050 g/mol. The van der Waals surface area contributed by atoms with Gasteiger partial charge in [-0.15, -0.1) is 22.7 Å². The first kappa shape index (κ1) is 52.1. The summed E-state index contributed by atoms with van der Waals surface area (Å²) in [5.41, 5.74) is 10.7. The van der Waals surface area contributed by atoms with Crippen molar-refractivity contribution < 1.29 is 28.5 Å². The molecule has 0 spiro atoms. The number of hydrogen-bond acceptors (Lipinski definition) is 6. The van der Waals surface area contributed by atoms with Crippen molar-refractivity contribution in [1.82, 2.24) is 9.13 Å². The summed E-state index contributed by atoms with van der Waals surface area (Å²) >= 11 is 2.84. The quantitative estimate of drug-likeness (QED) is 0.127. The lowest BCUT2D eigenvalue weighted by Crippen LogP contribution is -2.34. The topological polar surface area (TPSA) is 68.8 Å². The zero-order valence-corrected chi connectivity index (χ0v) is 47.3. The number of aromatic nitrogens is 2. The first-order valence-electron chi connectivity index (χ1n) is 26.2. The van der Waals surface area contributed by atoms with Crippen LogP contribution in [0, 0.1) is 22.5 Å². The fourth-order valence-electron chi connectivity index (χ4n) is 10.4. The highest BCUT2D eigenvalue weighted by atomic mass is 32.1. The van der Waals surface area contributed by atoms with Crippen LogP contribution in [0.1, 0.15) is 131 Å². The maximum atomic E-state index is 15.1. The molecular formula is C65H70F2N2O4S2. The first-order chi connectivity index (χ1) is 35.2. The van der Waals surface area contributed by atoms with E-state index in [1.165, 1.54) is 74.6 Å². The molecule has 0 fully saturated rings. The van der Waals surface area contributed by atoms with Crippen LogP contribution in [0.5, 0.6) is 23.0 Å². The standard InChI is InChI=1S/C65H70F2N2O4S2/c1-61(2,3)38-16-21-51-43(30-38)44-31-39(62(4,5)6)17-22-52(44)68(51)59-57(70)49(36-74-59)46-33-41(66)19-24-55(46)72-28-14-15-29-73-56-25-20-42(67)34-47(56)50-37-75-60(58(50)71)69-53-23-18-40(63(7,8)9)32-45(53)48-35-65(13,64(10,11)12)27-26-54(48)69/h16-27,30-34,36-37,70-71H,14-15,28-29,35H2,1-13H3. The summed E-state index contributed by atoms with van der Waals surface area (Å²) in [6.45, 7) is 29.8. The number of ether oxygens (including phenoxy) is 2. The monoisotopic (exact) mass is 1040 g/mol. The molecule has 1 unspecified atom stereocenters. The molecule has 2 N–H and O–H groups in total. The molecule has 0 saturated carbocycles. The molecule has 1 aliphatic carbocycles. The highest BCUT2D eigenvalue weighted by Crippen LogP contribution is 2.52. The summed E-state index contributed by atoms with van der Waals surface area (Å²) in [5, 5.41) is 32.7. The van der Waals surface area contributed by atoms with Gasteiger partial charge in [-0.1, -0.05) is 114 Å². The van der Waals surface area contributed by atoms with Gasteiger partial charge in [-0.25, -0.2) is 8.78 Å². The Morgan fingerprint density at radius 1 is 0.533 bits per heavy atom. The fourth-order valence-corrected chi connectivity index (χ4v) is 12.4. The molecule has 5 aromatic carbocycles. The lowest BCUT2D eigenvalue weighted by atomic mass is 9.63. The number of rotatable bonds is 11. The maximum absolute atomic E-state index is 15.1. The molecule has 0 radical (unpaired) electrons. The van der Waals surface area contributed by atoms with Gasteiger partial charge >= 0.3 is 0 Å². The van der Waals surface area contributed by atoms with E-state index in [1.807, 2.05) is 10.8 Å². The zero-order chi connectivity index (χ0) is 53.7. The van der Waals surface area contributed by atoms with E-state index in [2.05, 4.69) is 166 Å². The number of benzene rings is 5. The van der Waals surface area contributed by atoms with Crippen LogP contribution in [0.2, 0.25) is 0 Å². The van der Waals surface area contributed by atoms with E-state index in [0.717, 1.165) is 39.4 Å². The van der Waals surface area contributed by atoms with E-state index in [0.29, 0.717) is 69.8 Å². The predicted octanol–water partition coefficient (Wildman–Crippen LogP) is 18.6. The van der Waals surface area contributed by atoms with Gasteiger partial charge in [-0.3, -0.25) is 9.13 Å². The number of aromatic hydroxyl groups is 2. The zero-order valence-electron chi connectivity index (χ0n) is 45.7. The van der Waals surface area contributed by atoms with Gasteiger partial charge in [0.25, 0.3) is 0 Å². The van der Waals surface area contributed by atoms with Gasteiger partial charge in [0, 0.05) is 49.2 Å². The van der Waals surface area contributed by atoms with E-state index < -0.39 is 11.6 Å². The SMILES string of the molecule is CC(C)(C)c1ccc2c(c1)c1c(n2-c2scc(-c3cc(F)ccc3OCCCCOc3ccc(F)cc3-c3csc(-n4c5ccc(C(C)(C)C)cc5c5cc(C(C)(C)C)ccc54)c3O)c2O)C=CC(C)(C(C)(C)C)C1. The first-order valence-corrected chi connectivity index (χ1v) is 27.9. The third-order valence-electron chi connectivity index (χ3n) is 15.8. The summed E-state index contributed by atoms with van der Waals surface area (Å²) in [5.74, 6) is 0.174. The smallest absolute Gasteiger partial charge is 0.158 e. The minimum Gasteiger partial charge on any atom is -0.504 e. The molecular weight excluding hydrogens is 975 g/mol. The molecule has 390 valence electrons. The normalized spacial score (nSPS) is 15.4. The molecule has 1 aliphatic rings. The molecule has 0 aliphatic heterocycles. The minimum atomic E-state index is -0.436. The van der Waals surface area contributed by atoms with E-state index in [4.69, 9.17) is 9.47 Å². The molecule has 0 amide bonds. The number of nitrogens with zero attached hydrogens (tertiary/aromatic N) is 2. The predicted molar refractivity (Wildman–Crippen MR) is 311 cm³/mol. The highest BCUT2D eigenvalue weighted by Gasteiger charge is 2.40. The van der Waals surface area contributed by atoms with Crippen molar-refractivity contribution in [3.63, 3.8) is 0 Å². The third-order valence-corrected chi connectivity index (χ3v) is 17.7. The van der Waals surface area contributed by atoms with E-state index >= 15 is 8.78 Å². The van der Waals surface area contributed by atoms with Gasteiger partial charge in [-0.2, -0.15) is 0 Å². The van der Waals surface area contributed by atoms with E-state index in [-0.39, 0.29) is 38.6 Å². The van der Waals surface area contributed by atoms with Gasteiger partial charge in [0.15, 0.2) is 11.5 Å². The van der Waals surface area contributed by atoms with Gasteiger partial charge in [0.2, 0.25) is 0 Å². The molecule has 4 aromatic heterocycles. The Morgan fingerprint density at radius 2 is 0.947 bits per heavy atom. The number of fused-ring (bicyclic) bond motifs is 6. The van der Waals surface area contributed by atoms with Crippen molar-refractivity contribution in [3.8, 4) is 55.3 Å². The number of unbranched alkanes of at least 4 members (excludes halogenated alkanes) is 1. The van der Waals surface area contributed by atoms with Crippen LogP contribution in [0.3, 0.4) is 0 Å². The van der Waals surface area contributed by atoms with Crippen molar-refractivity contribution in [2.24, 2.45) is 10.8 Å². The Kier molecular flexibility index (Phi) is 13.0. The molecule has 10 heteroatoms. The summed E-state index contributed by atoms with van der Waals surface area (Å²) < 4.78 is 47.2. The van der Waals surface area contributed by atoms with E-state index in [9.17, 15) is 10.2 Å². The van der Waals surface area contributed by atoms with Crippen LogP contribution >= 0.6 is 22.7 Å². The molecule has 0 bridgehead atoms. The lowest BCUT2D eigenvalue weighted by Gasteiger charge is -2.42. The summed E-state index contributed by atoms with van der Waals surface area (Å²) in [4.78, 5) is 0. The Hall–Kier alpha value is -6.36. The minimum absolute atomic E-state index is 0.0223. The van der Waals surface area contributed by atoms with Crippen LogP contribution in [-0.4, -0.2) is 32.6 Å². The average Bonchev–Trinajstić information content (AvgIpc) is 4.08. The maximum Gasteiger partial charge on any atom is 0.158 e. The number of hydrogen-bond donors (Lipinski definition) is 2. The second-order valence-corrected chi connectivity index (χ2v) is 26.7. The molecule has 6 nitrogen and oxygen atoms in total. The number of allylic oxidation sites excluding steroid dienone is 1. The number of thiophene rings is 2. The van der Waals surface area contributed by atoms with Crippen LogP contribution in [0.15, 0.2) is 108 Å². The molecule has 1 atom stereocenters. The van der Waals surface area contributed by atoms with Crippen LogP contribution < -0.4 is 9.47 Å². The van der Waals surface area contributed by atoms with Gasteiger partial charge in [-0.05, 0) is 147 Å². The third kappa shape index (κ3) is 9.45. The van der Waals surface area contributed by atoms with Crippen molar-refractivity contribution in [1.29, 1.82) is 0 Å². The van der Waals surface area contributed by atoms with Crippen LogP contribution in [-0.2, 0) is 22.7 Å². The van der Waals surface area contributed by atoms with Crippen molar-refractivity contribution >= 4 is 61.5 Å². The van der Waals surface area contributed by atoms with Crippen molar-refractivity contribution in [3.05, 3.63) is 147 Å². The Balaban J connectivity index is 0.874. The van der Waals surface area contributed by atoms with Crippen molar-refractivity contribution in [2.45, 2.75) is 126 Å². The van der Waals surface area contributed by atoms with Gasteiger partial charge in [0.05, 0.1) is 35.5 Å². The number of halogens is 2.